The molecule has 1 aliphatic heterocycles. The van der Waals surface area contributed by atoms with Gasteiger partial charge >= 0.3 is 0 Å². The monoisotopic (exact) mass is 146 g/mol. The van der Waals surface area contributed by atoms with Crippen LogP contribution in [-0.4, -0.2) is 37.3 Å². The van der Waals surface area contributed by atoms with Crippen molar-refractivity contribution in [3.63, 3.8) is 0 Å². The molecule has 1 N–H and O–H groups in total. The maximum atomic E-state index is 8.72. The molecular weight excluding hydrogens is 134 g/mol. The standard InChI is InChI=1S/C5H12BO2P/c6-5-1-4(9)3(2-7)8-5/h3-5,7H,1-2,6,9H2/t3-,4-,5-/m1/s1. The lowest BCUT2D eigenvalue weighted by Crippen LogP contribution is -2.20. The van der Waals surface area contributed by atoms with Crippen LogP contribution in [0.2, 0.25) is 0 Å². The van der Waals surface area contributed by atoms with Crippen LogP contribution in [-0.2, 0) is 4.74 Å². The number of aliphatic hydroxyl groups excluding tert-OH is 1. The lowest BCUT2D eigenvalue weighted by atomic mass is 9.97. The zero-order chi connectivity index (χ0) is 6.85. The Balaban J connectivity index is 2.38. The lowest BCUT2D eigenvalue weighted by Gasteiger charge is -2.09. The Morgan fingerprint density at radius 3 is 2.67 bits per heavy atom. The SMILES string of the molecule is B[C@H]1C[C@@H](P)[C@@H](CO)O1. The van der Waals surface area contributed by atoms with Crippen LogP contribution in [0, 0.1) is 0 Å². The molecule has 1 saturated heterocycles. The highest BCUT2D eigenvalue weighted by Gasteiger charge is 2.28. The van der Waals surface area contributed by atoms with Crippen LogP contribution in [0.1, 0.15) is 6.42 Å². The first-order chi connectivity index (χ1) is 4.24. The highest BCUT2D eigenvalue weighted by Crippen LogP contribution is 2.24. The van der Waals surface area contributed by atoms with Crippen molar-refractivity contribution in [2.24, 2.45) is 0 Å². The van der Waals surface area contributed by atoms with Crippen LogP contribution in [0.15, 0.2) is 0 Å². The fraction of sp³-hybridized carbons (Fsp3) is 1.00. The van der Waals surface area contributed by atoms with Crippen molar-refractivity contribution in [3.05, 3.63) is 0 Å². The second-order valence-electron chi connectivity index (χ2n) is 2.57. The van der Waals surface area contributed by atoms with E-state index in [1.165, 1.54) is 0 Å². The van der Waals surface area contributed by atoms with Gasteiger partial charge < -0.3 is 9.84 Å². The van der Waals surface area contributed by atoms with E-state index in [1.54, 1.807) is 0 Å². The fourth-order valence-corrected chi connectivity index (χ4v) is 1.76. The van der Waals surface area contributed by atoms with Gasteiger partial charge in [-0.1, -0.05) is 0 Å². The third-order valence-corrected chi connectivity index (χ3v) is 2.37. The van der Waals surface area contributed by atoms with E-state index < -0.39 is 0 Å². The van der Waals surface area contributed by atoms with E-state index in [0.717, 1.165) is 6.42 Å². The van der Waals surface area contributed by atoms with E-state index in [1.807, 2.05) is 7.85 Å². The second-order valence-corrected chi connectivity index (χ2v) is 3.42. The third kappa shape index (κ3) is 1.67. The summed E-state index contributed by atoms with van der Waals surface area (Å²) in [6.45, 7) is 0.151. The Kier molecular flexibility index (Phi) is 2.51. The average molecular weight is 146 g/mol. The second kappa shape index (κ2) is 3.00. The van der Waals surface area contributed by atoms with Crippen molar-refractivity contribution < 1.29 is 9.84 Å². The van der Waals surface area contributed by atoms with Gasteiger partial charge in [-0.15, -0.1) is 9.24 Å². The Morgan fingerprint density at radius 1 is 1.78 bits per heavy atom. The topological polar surface area (TPSA) is 29.5 Å². The lowest BCUT2D eigenvalue weighted by molar-refractivity contribution is 0.0449. The molecule has 0 saturated carbocycles. The van der Waals surface area contributed by atoms with Gasteiger partial charge in [-0.2, -0.15) is 0 Å². The molecule has 0 bridgehead atoms. The first kappa shape index (κ1) is 7.52. The number of rotatable bonds is 1. The van der Waals surface area contributed by atoms with Crippen molar-refractivity contribution in [1.82, 2.24) is 0 Å². The summed E-state index contributed by atoms with van der Waals surface area (Å²) in [7, 11) is 4.73. The molecular formula is C5H12BO2P. The van der Waals surface area contributed by atoms with Gasteiger partial charge in [-0.3, -0.25) is 0 Å². The van der Waals surface area contributed by atoms with Gasteiger partial charge in [-0.05, 0) is 6.42 Å². The molecule has 9 heavy (non-hydrogen) atoms. The Hall–Kier alpha value is 0.415. The zero-order valence-electron chi connectivity index (χ0n) is 5.58. The predicted molar refractivity (Wildman–Crippen MR) is 42.4 cm³/mol. The van der Waals surface area contributed by atoms with Crippen LogP contribution in [0.25, 0.3) is 0 Å². The third-order valence-electron chi connectivity index (χ3n) is 1.67. The minimum Gasteiger partial charge on any atom is -0.394 e. The fourth-order valence-electron chi connectivity index (χ4n) is 1.17. The molecule has 1 unspecified atom stereocenters. The summed E-state index contributed by atoms with van der Waals surface area (Å²) in [4.78, 5) is 0. The summed E-state index contributed by atoms with van der Waals surface area (Å²) in [6.07, 6.45) is 1.11. The minimum atomic E-state index is 0.0602. The number of aliphatic hydroxyl groups is 1. The number of ether oxygens (including phenoxy) is 1. The summed E-state index contributed by atoms with van der Waals surface area (Å²) in [5.41, 5.74) is 0.449. The predicted octanol–water partition coefficient (Wildman–Crippen LogP) is -1.03. The van der Waals surface area contributed by atoms with Gasteiger partial charge in [-0.25, -0.2) is 0 Å². The van der Waals surface area contributed by atoms with Crippen LogP contribution < -0.4 is 0 Å². The first-order valence-electron chi connectivity index (χ1n) is 3.26. The van der Waals surface area contributed by atoms with Crippen LogP contribution in [0.4, 0.5) is 0 Å². The Bertz CT molecular complexity index is 101. The maximum Gasteiger partial charge on any atom is 0.139 e. The molecule has 0 radical (unpaired) electrons. The maximum absolute atomic E-state index is 8.72. The van der Waals surface area contributed by atoms with E-state index in [4.69, 9.17) is 9.84 Å². The quantitative estimate of drug-likeness (QED) is 0.378. The van der Waals surface area contributed by atoms with E-state index >= 15 is 0 Å². The molecule has 0 aliphatic carbocycles. The molecule has 0 aromatic rings. The summed E-state index contributed by atoms with van der Waals surface area (Å²) < 4.78 is 5.35. The summed E-state index contributed by atoms with van der Waals surface area (Å²) >= 11 is 0. The van der Waals surface area contributed by atoms with Crippen LogP contribution in [0.5, 0.6) is 0 Å². The number of hydrogen-bond acceptors (Lipinski definition) is 2. The first-order valence-corrected chi connectivity index (χ1v) is 3.92. The largest absolute Gasteiger partial charge is 0.394 e. The molecule has 52 valence electrons. The summed E-state index contributed by atoms with van der Waals surface area (Å²) in [6, 6.07) is 0.324. The van der Waals surface area contributed by atoms with Crippen molar-refractivity contribution in [1.29, 1.82) is 0 Å². The van der Waals surface area contributed by atoms with Gasteiger partial charge in [0.2, 0.25) is 0 Å². The molecule has 1 aliphatic rings. The molecule has 1 fully saturated rings. The van der Waals surface area contributed by atoms with Crippen LogP contribution in [0.3, 0.4) is 0 Å². The molecule has 4 heteroatoms. The highest BCUT2D eigenvalue weighted by molar-refractivity contribution is 7.17. The van der Waals surface area contributed by atoms with Gasteiger partial charge in [0.1, 0.15) is 7.85 Å². The van der Waals surface area contributed by atoms with E-state index in [2.05, 4.69) is 9.24 Å². The Morgan fingerprint density at radius 2 is 2.44 bits per heavy atom. The van der Waals surface area contributed by atoms with Gasteiger partial charge in [0.25, 0.3) is 0 Å². The molecule has 4 atom stereocenters. The highest BCUT2D eigenvalue weighted by atomic mass is 31.0. The normalized spacial score (nSPS) is 43.6. The molecule has 1 rings (SSSR count). The Labute approximate surface area is 58.6 Å². The summed E-state index contributed by atoms with van der Waals surface area (Å²) in [5, 5.41) is 8.72. The molecule has 0 amide bonds. The summed E-state index contributed by atoms with van der Waals surface area (Å²) in [5.74, 6) is 0. The van der Waals surface area contributed by atoms with Gasteiger partial charge in [0, 0.05) is 11.7 Å². The molecule has 2 nitrogen and oxygen atoms in total. The molecule has 1 heterocycles. The van der Waals surface area contributed by atoms with Gasteiger partial charge in [0.05, 0.1) is 12.7 Å². The van der Waals surface area contributed by atoms with Crippen molar-refractivity contribution in [2.75, 3.05) is 6.61 Å². The van der Waals surface area contributed by atoms with Crippen molar-refractivity contribution >= 4 is 17.1 Å². The van der Waals surface area contributed by atoms with E-state index in [-0.39, 0.29) is 12.7 Å². The minimum absolute atomic E-state index is 0.0602. The molecule has 0 spiro atoms. The average Bonchev–Trinajstić information content (AvgIpc) is 2.10. The van der Waals surface area contributed by atoms with Crippen molar-refractivity contribution in [2.45, 2.75) is 24.2 Å². The zero-order valence-corrected chi connectivity index (χ0v) is 6.73. The molecule has 0 aromatic heterocycles. The number of hydrogen-bond donors (Lipinski definition) is 1. The van der Waals surface area contributed by atoms with Crippen molar-refractivity contribution in [3.8, 4) is 0 Å². The molecule has 0 aromatic carbocycles. The van der Waals surface area contributed by atoms with Gasteiger partial charge in [0.15, 0.2) is 0 Å². The smallest absolute Gasteiger partial charge is 0.139 e. The van der Waals surface area contributed by atoms with Crippen LogP contribution >= 0.6 is 9.24 Å². The van der Waals surface area contributed by atoms with E-state index in [9.17, 15) is 0 Å². The van der Waals surface area contributed by atoms with E-state index in [0.29, 0.717) is 11.7 Å².